The second-order valence-electron chi connectivity index (χ2n) is 9.45. The first-order valence-electron chi connectivity index (χ1n) is 12.1. The minimum absolute atomic E-state index is 0.0115. The smallest absolute Gasteiger partial charge is 0.354 e. The second-order valence-corrected chi connectivity index (χ2v) is 11.4. The fourth-order valence-electron chi connectivity index (χ4n) is 3.66. The van der Waals surface area contributed by atoms with Gasteiger partial charge in [0.05, 0.1) is 17.5 Å². The van der Waals surface area contributed by atoms with Gasteiger partial charge in [-0.2, -0.15) is 13.2 Å². The molecular weight excluding hydrogens is 526 g/mol. The Kier molecular flexibility index (Phi) is 10.7. The van der Waals surface area contributed by atoms with E-state index in [0.29, 0.717) is 12.1 Å². The Morgan fingerprint density at radius 2 is 1.66 bits per heavy atom. The Morgan fingerprint density at radius 1 is 1.03 bits per heavy atom. The Morgan fingerprint density at radius 3 is 2.21 bits per heavy atom. The standard InChI is InChI=1S/C26H33F4N3O4S/c1-18(2)16-31-25(35)19(3)32(17-20-10-12-22(27)13-11-20)24(34)9-6-14-33(38(4,36)37)23-8-5-7-21(15-23)26(28,29)30/h5,7-8,10-13,15,18-19H,6,9,14,16-17H2,1-4H3,(H,31,35)/t19-/m1/s1. The van der Waals surface area contributed by atoms with Gasteiger partial charge in [0, 0.05) is 26.1 Å². The summed E-state index contributed by atoms with van der Waals surface area (Å²) in [6, 6.07) is 8.53. The van der Waals surface area contributed by atoms with Gasteiger partial charge in [-0.15, -0.1) is 0 Å². The highest BCUT2D eigenvalue weighted by Gasteiger charge is 2.32. The molecule has 0 aliphatic carbocycles. The number of sulfonamides is 1. The summed E-state index contributed by atoms with van der Waals surface area (Å²) >= 11 is 0. The van der Waals surface area contributed by atoms with Crippen molar-refractivity contribution in [2.75, 3.05) is 23.7 Å². The molecule has 2 aromatic rings. The molecule has 210 valence electrons. The van der Waals surface area contributed by atoms with Crippen molar-refractivity contribution in [3.8, 4) is 0 Å². The molecule has 0 saturated heterocycles. The molecule has 38 heavy (non-hydrogen) atoms. The molecule has 7 nitrogen and oxygen atoms in total. The molecule has 2 amide bonds. The van der Waals surface area contributed by atoms with Gasteiger partial charge in [-0.05, 0) is 55.2 Å². The topological polar surface area (TPSA) is 86.8 Å². The predicted molar refractivity (Wildman–Crippen MR) is 137 cm³/mol. The zero-order chi connectivity index (χ0) is 28.7. The van der Waals surface area contributed by atoms with Crippen LogP contribution in [-0.2, 0) is 32.3 Å². The van der Waals surface area contributed by atoms with E-state index in [-0.39, 0.29) is 43.4 Å². The molecule has 2 aromatic carbocycles. The summed E-state index contributed by atoms with van der Waals surface area (Å²) in [6.07, 6.45) is -3.96. The molecule has 1 atom stereocenters. The highest BCUT2D eigenvalue weighted by atomic mass is 32.2. The number of hydrogen-bond donors (Lipinski definition) is 1. The first kappa shape index (κ1) is 31.1. The third kappa shape index (κ3) is 9.30. The highest BCUT2D eigenvalue weighted by molar-refractivity contribution is 7.92. The van der Waals surface area contributed by atoms with Crippen molar-refractivity contribution in [3.63, 3.8) is 0 Å². The van der Waals surface area contributed by atoms with Crippen LogP contribution in [0.25, 0.3) is 0 Å². The number of nitrogens with one attached hydrogen (secondary N) is 1. The number of alkyl halides is 3. The van der Waals surface area contributed by atoms with Gasteiger partial charge in [-0.3, -0.25) is 13.9 Å². The van der Waals surface area contributed by atoms with Gasteiger partial charge in [0.2, 0.25) is 21.8 Å². The SMILES string of the molecule is CC(C)CNC(=O)[C@@H](C)N(Cc1ccc(F)cc1)C(=O)CCCN(c1cccc(C(F)(F)F)c1)S(C)(=O)=O. The molecule has 0 spiro atoms. The molecule has 0 unspecified atom stereocenters. The molecule has 12 heteroatoms. The minimum Gasteiger partial charge on any atom is -0.354 e. The quantitative estimate of drug-likeness (QED) is 0.386. The summed E-state index contributed by atoms with van der Waals surface area (Å²) in [5.74, 6) is -1.11. The van der Waals surface area contributed by atoms with Gasteiger partial charge >= 0.3 is 6.18 Å². The van der Waals surface area contributed by atoms with E-state index in [2.05, 4.69) is 5.32 Å². The van der Waals surface area contributed by atoms with E-state index in [0.717, 1.165) is 28.8 Å². The van der Waals surface area contributed by atoms with Crippen molar-refractivity contribution >= 4 is 27.5 Å². The number of carbonyl (C=O) groups is 2. The molecule has 2 rings (SSSR count). The second kappa shape index (κ2) is 13.1. The van der Waals surface area contributed by atoms with E-state index in [9.17, 15) is 35.6 Å². The zero-order valence-electron chi connectivity index (χ0n) is 21.8. The molecule has 0 aliphatic heterocycles. The molecule has 0 bridgehead atoms. The van der Waals surface area contributed by atoms with Crippen LogP contribution in [0.5, 0.6) is 0 Å². The van der Waals surface area contributed by atoms with Crippen molar-refractivity contribution in [3.05, 3.63) is 65.5 Å². The summed E-state index contributed by atoms with van der Waals surface area (Å²) in [5, 5.41) is 2.77. The Hall–Kier alpha value is -3.15. The summed E-state index contributed by atoms with van der Waals surface area (Å²) in [4.78, 5) is 27.2. The van der Waals surface area contributed by atoms with E-state index in [1.54, 1.807) is 6.92 Å². The monoisotopic (exact) mass is 559 g/mol. The molecule has 0 fully saturated rings. The molecule has 0 aliphatic rings. The summed E-state index contributed by atoms with van der Waals surface area (Å²) in [6.45, 7) is 5.57. The van der Waals surface area contributed by atoms with Crippen LogP contribution in [0.4, 0.5) is 23.2 Å². The number of anilines is 1. The molecule has 0 saturated carbocycles. The predicted octanol–water partition coefficient (Wildman–Crippen LogP) is 4.58. The molecule has 0 heterocycles. The molecule has 0 aromatic heterocycles. The van der Waals surface area contributed by atoms with Crippen LogP contribution < -0.4 is 9.62 Å². The summed E-state index contributed by atoms with van der Waals surface area (Å²) in [7, 11) is -3.95. The van der Waals surface area contributed by atoms with Gasteiger partial charge in [-0.1, -0.05) is 32.0 Å². The molecular formula is C26H33F4N3O4S. The molecule has 0 radical (unpaired) electrons. The fourth-order valence-corrected chi connectivity index (χ4v) is 4.62. The lowest BCUT2D eigenvalue weighted by atomic mass is 10.1. The van der Waals surface area contributed by atoms with Crippen molar-refractivity contribution < 1.29 is 35.6 Å². The Bertz CT molecular complexity index is 1200. The Labute approximate surface area is 220 Å². The average molecular weight is 560 g/mol. The van der Waals surface area contributed by atoms with E-state index in [4.69, 9.17) is 0 Å². The summed E-state index contributed by atoms with van der Waals surface area (Å²) < 4.78 is 78.3. The van der Waals surface area contributed by atoms with E-state index in [1.807, 2.05) is 13.8 Å². The van der Waals surface area contributed by atoms with Crippen LogP contribution in [0.2, 0.25) is 0 Å². The Balaban J connectivity index is 2.20. The van der Waals surface area contributed by atoms with Gasteiger partial charge < -0.3 is 10.2 Å². The third-order valence-corrected chi connectivity index (χ3v) is 6.93. The lowest BCUT2D eigenvalue weighted by molar-refractivity contribution is -0.140. The number of nitrogens with zero attached hydrogens (tertiary/aromatic N) is 2. The number of benzene rings is 2. The van der Waals surface area contributed by atoms with Crippen LogP contribution >= 0.6 is 0 Å². The highest BCUT2D eigenvalue weighted by Crippen LogP contribution is 2.32. The van der Waals surface area contributed by atoms with Crippen molar-refractivity contribution in [2.24, 2.45) is 5.92 Å². The lowest BCUT2D eigenvalue weighted by Gasteiger charge is -2.29. The normalized spacial score (nSPS) is 12.8. The van der Waals surface area contributed by atoms with Gasteiger partial charge in [0.25, 0.3) is 0 Å². The van der Waals surface area contributed by atoms with E-state index in [1.165, 1.54) is 35.2 Å². The largest absolute Gasteiger partial charge is 0.416 e. The number of rotatable bonds is 12. The first-order valence-corrected chi connectivity index (χ1v) is 13.9. The van der Waals surface area contributed by atoms with Crippen LogP contribution in [0, 0.1) is 11.7 Å². The number of amides is 2. The number of carbonyl (C=O) groups excluding carboxylic acids is 2. The van der Waals surface area contributed by atoms with Crippen molar-refractivity contribution in [1.29, 1.82) is 0 Å². The maximum Gasteiger partial charge on any atom is 0.416 e. The van der Waals surface area contributed by atoms with Crippen molar-refractivity contribution in [1.82, 2.24) is 10.2 Å². The summed E-state index contributed by atoms with van der Waals surface area (Å²) in [5.41, 5.74) is -0.573. The minimum atomic E-state index is -4.65. The van der Waals surface area contributed by atoms with Gasteiger partial charge in [0.1, 0.15) is 11.9 Å². The van der Waals surface area contributed by atoms with Gasteiger partial charge in [0.15, 0.2) is 0 Å². The first-order chi connectivity index (χ1) is 17.6. The van der Waals surface area contributed by atoms with Crippen LogP contribution in [0.15, 0.2) is 48.5 Å². The van der Waals surface area contributed by atoms with Crippen LogP contribution in [0.3, 0.4) is 0 Å². The van der Waals surface area contributed by atoms with Gasteiger partial charge in [-0.25, -0.2) is 12.8 Å². The van der Waals surface area contributed by atoms with Crippen molar-refractivity contribution in [2.45, 2.75) is 52.4 Å². The van der Waals surface area contributed by atoms with E-state index < -0.39 is 39.5 Å². The number of halogens is 4. The maximum absolute atomic E-state index is 13.4. The fraction of sp³-hybridized carbons (Fsp3) is 0.462. The average Bonchev–Trinajstić information content (AvgIpc) is 2.83. The molecule has 1 N–H and O–H groups in total. The number of hydrogen-bond acceptors (Lipinski definition) is 4. The lowest BCUT2D eigenvalue weighted by Crippen LogP contribution is -2.48. The third-order valence-electron chi connectivity index (χ3n) is 5.73. The van der Waals surface area contributed by atoms with Crippen LogP contribution in [-0.4, -0.2) is 50.5 Å². The maximum atomic E-state index is 13.4. The van der Waals surface area contributed by atoms with Crippen LogP contribution in [0.1, 0.15) is 44.7 Å². The zero-order valence-corrected chi connectivity index (χ0v) is 22.6. The van der Waals surface area contributed by atoms with E-state index >= 15 is 0 Å².